The van der Waals surface area contributed by atoms with Gasteiger partial charge in [0.25, 0.3) is 11.6 Å². The number of benzene rings is 2. The minimum atomic E-state index is -0.740. The van der Waals surface area contributed by atoms with Crippen LogP contribution in [-0.4, -0.2) is 42.4 Å². The van der Waals surface area contributed by atoms with Gasteiger partial charge < -0.3 is 5.73 Å². The van der Waals surface area contributed by atoms with Gasteiger partial charge in [-0.15, -0.1) is 5.10 Å². The number of nitrogens with two attached hydrogens (primary N) is 1. The van der Waals surface area contributed by atoms with Crippen LogP contribution in [0.15, 0.2) is 58.3 Å². The third-order valence-corrected chi connectivity index (χ3v) is 4.53. The fraction of sp³-hybridized carbons (Fsp3) is 0. The SMILES string of the molecule is Nc1nonc1-n1nnc(C(=O)N/N=C/c2ccccc2Cl)c1-c1cccc([N+](=O)[O-])c1. The van der Waals surface area contributed by atoms with E-state index in [0.29, 0.717) is 10.6 Å². The summed E-state index contributed by atoms with van der Waals surface area (Å²) in [5.41, 5.74) is 8.58. The van der Waals surface area contributed by atoms with E-state index in [4.69, 9.17) is 17.3 Å². The van der Waals surface area contributed by atoms with E-state index in [1.54, 1.807) is 24.3 Å². The molecule has 1 amide bonds. The number of rotatable bonds is 6. The molecule has 32 heavy (non-hydrogen) atoms. The van der Waals surface area contributed by atoms with E-state index in [-0.39, 0.29) is 34.3 Å². The highest BCUT2D eigenvalue weighted by Crippen LogP contribution is 2.29. The molecule has 0 atom stereocenters. The summed E-state index contributed by atoms with van der Waals surface area (Å²) >= 11 is 6.06. The smallest absolute Gasteiger partial charge is 0.294 e. The topological polar surface area (TPSA) is 180 Å². The maximum Gasteiger partial charge on any atom is 0.294 e. The van der Waals surface area contributed by atoms with Gasteiger partial charge in [0.05, 0.1) is 11.1 Å². The second kappa shape index (κ2) is 8.61. The highest BCUT2D eigenvalue weighted by atomic mass is 35.5. The zero-order valence-electron chi connectivity index (χ0n) is 15.9. The number of carbonyl (C=O) groups excluding carboxylic acids is 1. The van der Waals surface area contributed by atoms with Crippen LogP contribution in [0.5, 0.6) is 0 Å². The van der Waals surface area contributed by atoms with E-state index in [9.17, 15) is 14.9 Å². The van der Waals surface area contributed by atoms with Crippen LogP contribution >= 0.6 is 11.6 Å². The summed E-state index contributed by atoms with van der Waals surface area (Å²) in [6.45, 7) is 0. The number of amides is 1. The average molecular weight is 454 g/mol. The number of hydrazone groups is 1. The Morgan fingerprint density at radius 3 is 2.78 bits per heavy atom. The molecular weight excluding hydrogens is 442 g/mol. The molecule has 13 nitrogen and oxygen atoms in total. The zero-order valence-corrected chi connectivity index (χ0v) is 16.7. The third kappa shape index (κ3) is 3.99. The molecule has 0 bridgehead atoms. The summed E-state index contributed by atoms with van der Waals surface area (Å²) < 4.78 is 5.68. The molecule has 0 fully saturated rings. The van der Waals surface area contributed by atoms with E-state index in [1.807, 2.05) is 0 Å². The van der Waals surface area contributed by atoms with Crippen molar-refractivity contribution in [1.29, 1.82) is 0 Å². The van der Waals surface area contributed by atoms with Crippen LogP contribution in [-0.2, 0) is 0 Å². The molecule has 2 aromatic carbocycles. The Labute approximate surface area is 183 Å². The lowest BCUT2D eigenvalue weighted by molar-refractivity contribution is -0.384. The first-order chi connectivity index (χ1) is 15.5. The highest BCUT2D eigenvalue weighted by molar-refractivity contribution is 6.33. The Hall–Kier alpha value is -4.65. The molecule has 160 valence electrons. The van der Waals surface area contributed by atoms with Crippen LogP contribution in [0.25, 0.3) is 17.1 Å². The van der Waals surface area contributed by atoms with Crippen molar-refractivity contribution < 1.29 is 14.3 Å². The van der Waals surface area contributed by atoms with E-state index in [2.05, 4.69) is 35.8 Å². The van der Waals surface area contributed by atoms with Gasteiger partial charge in [-0.2, -0.15) is 9.78 Å². The molecule has 0 aliphatic rings. The number of nitro groups is 1. The summed E-state index contributed by atoms with van der Waals surface area (Å²) in [4.78, 5) is 23.4. The quantitative estimate of drug-likeness (QED) is 0.251. The normalized spacial score (nSPS) is 11.0. The van der Waals surface area contributed by atoms with Crippen molar-refractivity contribution >= 4 is 35.2 Å². The molecule has 0 aliphatic heterocycles. The number of non-ortho nitro benzene ring substituents is 1. The molecule has 0 aliphatic carbocycles. The molecule has 4 aromatic rings. The number of hydrogen-bond acceptors (Lipinski definition) is 10. The number of nitrogens with one attached hydrogen (secondary N) is 1. The van der Waals surface area contributed by atoms with E-state index in [0.717, 1.165) is 4.68 Å². The van der Waals surface area contributed by atoms with Crippen LogP contribution in [0.1, 0.15) is 16.1 Å². The van der Waals surface area contributed by atoms with Gasteiger partial charge in [-0.3, -0.25) is 14.9 Å². The summed E-state index contributed by atoms with van der Waals surface area (Å²) in [5, 5.41) is 30.4. The second-order valence-corrected chi connectivity index (χ2v) is 6.61. The number of nitrogen functional groups attached to an aromatic ring is 1. The standard InChI is InChI=1S/C18H12ClN9O4/c19-13-7-2-1-4-11(13)9-21-23-18(29)14-15(10-5-3-6-12(8-10)28(30)31)27(26-22-14)17-16(20)24-32-25-17/h1-9H,(H2,20,24)(H,23,29)/b21-9+. The van der Waals surface area contributed by atoms with Gasteiger partial charge in [0.1, 0.15) is 5.69 Å². The van der Waals surface area contributed by atoms with Crippen molar-refractivity contribution in [3.8, 4) is 17.1 Å². The van der Waals surface area contributed by atoms with Crippen LogP contribution in [0.3, 0.4) is 0 Å². The number of anilines is 1. The lowest BCUT2D eigenvalue weighted by atomic mass is 10.1. The molecule has 0 spiro atoms. The first kappa shape index (κ1) is 20.6. The molecule has 2 aromatic heterocycles. The molecular formula is C18H12ClN9O4. The Kier molecular flexibility index (Phi) is 5.55. The Balaban J connectivity index is 1.74. The van der Waals surface area contributed by atoms with Crippen molar-refractivity contribution in [2.75, 3.05) is 5.73 Å². The number of hydrogen-bond donors (Lipinski definition) is 2. The van der Waals surface area contributed by atoms with Gasteiger partial charge in [-0.25, -0.2) is 10.1 Å². The first-order valence-electron chi connectivity index (χ1n) is 8.82. The largest absolute Gasteiger partial charge is 0.378 e. The molecule has 0 unspecified atom stereocenters. The van der Waals surface area contributed by atoms with Gasteiger partial charge in [0.2, 0.25) is 11.6 Å². The molecule has 4 rings (SSSR count). The minimum absolute atomic E-state index is 0.0439. The third-order valence-electron chi connectivity index (χ3n) is 4.19. The lowest BCUT2D eigenvalue weighted by Gasteiger charge is -2.06. The molecule has 0 radical (unpaired) electrons. The van der Waals surface area contributed by atoms with E-state index < -0.39 is 10.8 Å². The maximum absolute atomic E-state index is 12.8. The zero-order chi connectivity index (χ0) is 22.7. The minimum Gasteiger partial charge on any atom is -0.378 e. The average Bonchev–Trinajstić information content (AvgIpc) is 3.41. The Morgan fingerprint density at radius 1 is 1.25 bits per heavy atom. The van der Waals surface area contributed by atoms with Crippen LogP contribution in [0.2, 0.25) is 5.02 Å². The molecule has 0 saturated carbocycles. The molecule has 3 N–H and O–H groups in total. The molecule has 0 saturated heterocycles. The van der Waals surface area contributed by atoms with E-state index >= 15 is 0 Å². The molecule has 2 heterocycles. The fourth-order valence-electron chi connectivity index (χ4n) is 2.74. The lowest BCUT2D eigenvalue weighted by Crippen LogP contribution is -2.19. The second-order valence-electron chi connectivity index (χ2n) is 6.20. The number of carbonyl (C=O) groups is 1. The summed E-state index contributed by atoms with van der Waals surface area (Å²) in [7, 11) is 0. The summed E-state index contributed by atoms with van der Waals surface area (Å²) in [5.74, 6) is -0.904. The van der Waals surface area contributed by atoms with Crippen molar-refractivity contribution in [3.05, 3.63) is 74.9 Å². The van der Waals surface area contributed by atoms with Gasteiger partial charge in [0, 0.05) is 28.3 Å². The predicted molar refractivity (Wildman–Crippen MR) is 112 cm³/mol. The van der Waals surface area contributed by atoms with Crippen molar-refractivity contribution in [3.63, 3.8) is 0 Å². The van der Waals surface area contributed by atoms with Crippen molar-refractivity contribution in [1.82, 2.24) is 30.7 Å². The number of aromatic nitrogens is 5. The van der Waals surface area contributed by atoms with Gasteiger partial charge in [-0.05, 0) is 16.4 Å². The van der Waals surface area contributed by atoms with Gasteiger partial charge in [-0.1, -0.05) is 47.1 Å². The van der Waals surface area contributed by atoms with Crippen LogP contribution in [0.4, 0.5) is 11.5 Å². The highest BCUT2D eigenvalue weighted by Gasteiger charge is 2.26. The summed E-state index contributed by atoms with van der Waals surface area (Å²) in [6, 6.07) is 12.4. The maximum atomic E-state index is 12.8. The monoisotopic (exact) mass is 453 g/mol. The van der Waals surface area contributed by atoms with Crippen LogP contribution in [0, 0.1) is 10.1 Å². The predicted octanol–water partition coefficient (Wildman–Crippen LogP) is 2.22. The Bertz CT molecular complexity index is 1350. The summed E-state index contributed by atoms with van der Waals surface area (Å²) in [6.07, 6.45) is 1.36. The number of halogens is 1. The van der Waals surface area contributed by atoms with Crippen LogP contribution < -0.4 is 11.2 Å². The van der Waals surface area contributed by atoms with Crippen molar-refractivity contribution in [2.24, 2.45) is 5.10 Å². The fourth-order valence-corrected chi connectivity index (χ4v) is 2.92. The van der Waals surface area contributed by atoms with Gasteiger partial charge in [0.15, 0.2) is 5.69 Å². The first-order valence-corrected chi connectivity index (χ1v) is 9.20. The number of nitrogens with zero attached hydrogens (tertiary/aromatic N) is 7. The van der Waals surface area contributed by atoms with Crippen molar-refractivity contribution in [2.45, 2.75) is 0 Å². The van der Waals surface area contributed by atoms with Gasteiger partial charge >= 0.3 is 0 Å². The Morgan fingerprint density at radius 2 is 2.06 bits per heavy atom. The number of nitro benzene ring substituents is 1. The van der Waals surface area contributed by atoms with E-state index in [1.165, 1.54) is 30.5 Å². The molecule has 14 heteroatoms.